The van der Waals surface area contributed by atoms with Crippen LogP contribution in [0.2, 0.25) is 5.02 Å². The highest BCUT2D eigenvalue weighted by atomic mass is 35.5. The molecular formula is C7H5ClNO2. The molecule has 0 aliphatic rings. The van der Waals surface area contributed by atoms with Crippen LogP contribution in [0.4, 0.5) is 10.5 Å². The molecule has 57 valence electrons. The maximum Gasteiger partial charge on any atom is 0.454 e. The van der Waals surface area contributed by atoms with E-state index in [-0.39, 0.29) is 0 Å². The molecule has 0 spiro atoms. The van der Waals surface area contributed by atoms with Gasteiger partial charge in [-0.1, -0.05) is 23.7 Å². The van der Waals surface area contributed by atoms with E-state index in [4.69, 9.17) is 11.6 Å². The maximum absolute atomic E-state index is 10.0. The van der Waals surface area contributed by atoms with Gasteiger partial charge in [-0.15, -0.1) is 0 Å². The first-order chi connectivity index (χ1) is 5.20. The van der Waals surface area contributed by atoms with E-state index in [1.807, 2.05) is 5.32 Å². The molecule has 0 atom stereocenters. The Balaban J connectivity index is 2.86. The molecule has 0 unspecified atom stereocenters. The maximum atomic E-state index is 10.0. The monoisotopic (exact) mass is 170 g/mol. The van der Waals surface area contributed by atoms with Crippen molar-refractivity contribution in [3.05, 3.63) is 29.3 Å². The first-order valence-corrected chi connectivity index (χ1v) is 3.30. The Labute approximate surface area is 68.6 Å². The van der Waals surface area contributed by atoms with E-state index in [0.29, 0.717) is 10.7 Å². The van der Waals surface area contributed by atoms with Crippen LogP contribution in [0.5, 0.6) is 0 Å². The molecule has 11 heavy (non-hydrogen) atoms. The number of nitrogens with one attached hydrogen (secondary N) is 1. The van der Waals surface area contributed by atoms with Gasteiger partial charge in [0.05, 0.1) is 10.7 Å². The Morgan fingerprint density at radius 1 is 1.36 bits per heavy atom. The average Bonchev–Trinajstić information content (AvgIpc) is 1.93. The summed E-state index contributed by atoms with van der Waals surface area (Å²) in [5.41, 5.74) is 0.342. The number of rotatable bonds is 1. The van der Waals surface area contributed by atoms with E-state index in [1.165, 1.54) is 0 Å². The van der Waals surface area contributed by atoms with Gasteiger partial charge < -0.3 is 0 Å². The standard InChI is InChI=1S/C7H5ClNO2/c8-5-3-1-2-4-6(5)9-7(10)11/h1-4,9H. The Bertz CT molecular complexity index is 275. The van der Waals surface area contributed by atoms with Gasteiger partial charge in [0.1, 0.15) is 0 Å². The number of carbonyl (C=O) groups is 1. The minimum absolute atomic E-state index is 0.342. The summed E-state index contributed by atoms with van der Waals surface area (Å²) in [5, 5.41) is 12.4. The lowest BCUT2D eigenvalue weighted by Crippen LogP contribution is -2.05. The van der Waals surface area contributed by atoms with Crippen molar-refractivity contribution < 1.29 is 9.90 Å². The fourth-order valence-electron chi connectivity index (χ4n) is 0.673. The summed E-state index contributed by atoms with van der Waals surface area (Å²) in [7, 11) is 0. The summed E-state index contributed by atoms with van der Waals surface area (Å²) >= 11 is 5.61. The van der Waals surface area contributed by atoms with E-state index in [2.05, 4.69) is 0 Å². The van der Waals surface area contributed by atoms with Gasteiger partial charge in [0.2, 0.25) is 0 Å². The Kier molecular flexibility index (Phi) is 2.33. The van der Waals surface area contributed by atoms with Crippen molar-refractivity contribution in [2.24, 2.45) is 0 Å². The van der Waals surface area contributed by atoms with Gasteiger partial charge in [-0.25, -0.2) is 9.90 Å². The molecule has 1 aromatic carbocycles. The molecule has 0 bridgehead atoms. The molecule has 0 saturated heterocycles. The van der Waals surface area contributed by atoms with Gasteiger partial charge in [-0.2, -0.15) is 0 Å². The highest BCUT2D eigenvalue weighted by Crippen LogP contribution is 2.19. The summed E-state index contributed by atoms with van der Waals surface area (Å²) < 4.78 is 0. The van der Waals surface area contributed by atoms with Gasteiger partial charge in [-0.3, -0.25) is 5.32 Å². The summed E-state index contributed by atoms with van der Waals surface area (Å²) in [6.45, 7) is 0. The normalized spacial score (nSPS) is 9.18. The molecule has 0 aromatic heterocycles. The van der Waals surface area contributed by atoms with Crippen molar-refractivity contribution in [1.82, 2.24) is 0 Å². The number of benzene rings is 1. The first kappa shape index (κ1) is 7.88. The van der Waals surface area contributed by atoms with Crippen molar-refractivity contribution in [3.8, 4) is 0 Å². The molecule has 1 rings (SSSR count). The predicted octanol–water partition coefficient (Wildman–Crippen LogP) is 2.30. The second-order valence-electron chi connectivity index (χ2n) is 1.89. The van der Waals surface area contributed by atoms with Crippen molar-refractivity contribution in [2.75, 3.05) is 5.32 Å². The molecule has 3 nitrogen and oxygen atoms in total. The molecule has 0 aliphatic carbocycles. The molecule has 4 heteroatoms. The third-order valence-electron chi connectivity index (χ3n) is 1.11. The van der Waals surface area contributed by atoms with Crippen LogP contribution >= 0.6 is 11.6 Å². The van der Waals surface area contributed by atoms with Gasteiger partial charge >= 0.3 is 6.09 Å². The number of hydrogen-bond donors (Lipinski definition) is 1. The van der Waals surface area contributed by atoms with Crippen LogP contribution in [0.15, 0.2) is 24.3 Å². The lowest BCUT2D eigenvalue weighted by molar-refractivity contribution is 0.185. The van der Waals surface area contributed by atoms with Gasteiger partial charge in [-0.05, 0) is 12.1 Å². The number of anilines is 1. The van der Waals surface area contributed by atoms with E-state index >= 15 is 0 Å². The van der Waals surface area contributed by atoms with Gasteiger partial charge in [0, 0.05) is 0 Å². The predicted molar refractivity (Wildman–Crippen MR) is 41.2 cm³/mol. The lowest BCUT2D eigenvalue weighted by atomic mass is 10.3. The molecule has 1 aromatic rings. The third kappa shape index (κ3) is 2.13. The number of amides is 1. The molecule has 1 amide bonds. The summed E-state index contributed by atoms with van der Waals surface area (Å²) in [6, 6.07) is 6.53. The van der Waals surface area contributed by atoms with Crippen molar-refractivity contribution in [2.45, 2.75) is 0 Å². The van der Waals surface area contributed by atoms with Crippen LogP contribution in [0.3, 0.4) is 0 Å². The fourth-order valence-corrected chi connectivity index (χ4v) is 0.856. The molecule has 0 saturated carbocycles. The average molecular weight is 171 g/mol. The molecule has 1 N–H and O–H groups in total. The third-order valence-corrected chi connectivity index (χ3v) is 1.44. The molecule has 0 aliphatic heterocycles. The Morgan fingerprint density at radius 3 is 2.55 bits per heavy atom. The largest absolute Gasteiger partial charge is 0.454 e. The molecule has 1 radical (unpaired) electrons. The zero-order valence-electron chi connectivity index (χ0n) is 5.50. The molecule has 0 heterocycles. The van der Waals surface area contributed by atoms with Crippen molar-refractivity contribution in [3.63, 3.8) is 0 Å². The summed E-state index contributed by atoms with van der Waals surface area (Å²) in [4.78, 5) is 10.0. The smallest absolute Gasteiger partial charge is 0.287 e. The highest BCUT2D eigenvalue weighted by Gasteiger charge is 2.02. The van der Waals surface area contributed by atoms with Crippen LogP contribution in [0.1, 0.15) is 0 Å². The highest BCUT2D eigenvalue weighted by molar-refractivity contribution is 6.33. The Morgan fingerprint density at radius 2 is 2.00 bits per heavy atom. The zero-order chi connectivity index (χ0) is 8.27. The van der Waals surface area contributed by atoms with Crippen LogP contribution in [-0.4, -0.2) is 6.09 Å². The van der Waals surface area contributed by atoms with E-state index < -0.39 is 6.09 Å². The number of para-hydroxylation sites is 1. The van der Waals surface area contributed by atoms with E-state index in [0.717, 1.165) is 0 Å². The van der Waals surface area contributed by atoms with Crippen LogP contribution in [0, 0.1) is 0 Å². The van der Waals surface area contributed by atoms with Crippen LogP contribution < -0.4 is 5.32 Å². The molecular weight excluding hydrogens is 166 g/mol. The quantitative estimate of drug-likeness (QED) is 0.691. The second-order valence-corrected chi connectivity index (χ2v) is 2.30. The van der Waals surface area contributed by atoms with E-state index in [1.54, 1.807) is 24.3 Å². The SMILES string of the molecule is [O]C(=O)Nc1ccccc1Cl. The number of hydrogen-bond acceptors (Lipinski definition) is 1. The van der Waals surface area contributed by atoms with Crippen molar-refractivity contribution >= 4 is 23.4 Å². The van der Waals surface area contributed by atoms with Crippen LogP contribution in [0.25, 0.3) is 0 Å². The van der Waals surface area contributed by atoms with Gasteiger partial charge in [0.15, 0.2) is 0 Å². The lowest BCUT2D eigenvalue weighted by Gasteiger charge is -1.99. The van der Waals surface area contributed by atoms with Gasteiger partial charge in [0.25, 0.3) is 0 Å². The minimum Gasteiger partial charge on any atom is -0.287 e. The van der Waals surface area contributed by atoms with Crippen LogP contribution in [-0.2, 0) is 5.11 Å². The molecule has 0 fully saturated rings. The fraction of sp³-hybridized carbons (Fsp3) is 0. The van der Waals surface area contributed by atoms with E-state index in [9.17, 15) is 9.90 Å². The topological polar surface area (TPSA) is 49.0 Å². The van der Waals surface area contributed by atoms with Crippen molar-refractivity contribution in [1.29, 1.82) is 0 Å². The second kappa shape index (κ2) is 3.25. The zero-order valence-corrected chi connectivity index (χ0v) is 6.26. The summed E-state index contributed by atoms with van der Waals surface area (Å²) in [6.07, 6.45) is -1.36. The summed E-state index contributed by atoms with van der Waals surface area (Å²) in [5.74, 6) is 0. The number of halogens is 1. The number of carbonyl (C=O) groups excluding carboxylic acids is 1. The minimum atomic E-state index is -1.36. The Hall–Kier alpha value is -1.22. The first-order valence-electron chi connectivity index (χ1n) is 2.92.